The molecule has 0 aliphatic carbocycles. The van der Waals surface area contributed by atoms with Gasteiger partial charge in [0.05, 0.1) is 0 Å². The van der Waals surface area contributed by atoms with Gasteiger partial charge in [-0.25, -0.2) is 9.97 Å². The average Bonchev–Trinajstić information content (AvgIpc) is 2.36. The van der Waals surface area contributed by atoms with E-state index in [4.69, 9.17) is 5.73 Å². The van der Waals surface area contributed by atoms with E-state index in [0.29, 0.717) is 11.6 Å². The second kappa shape index (κ2) is 5.44. The number of nitrogens with two attached hydrogens (primary N) is 1. The Balaban J connectivity index is 1.99. The third-order valence-electron chi connectivity index (χ3n) is 2.75. The van der Waals surface area contributed by atoms with Crippen LogP contribution in [0.5, 0.6) is 0 Å². The fraction of sp³-hybridized carbons (Fsp3) is 0.308. The molecule has 0 saturated heterocycles. The number of anilines is 2. The first-order valence-corrected chi connectivity index (χ1v) is 5.90. The summed E-state index contributed by atoms with van der Waals surface area (Å²) >= 11 is 0. The van der Waals surface area contributed by atoms with Crippen molar-refractivity contribution in [3.63, 3.8) is 0 Å². The van der Waals surface area contributed by atoms with Gasteiger partial charge in [-0.3, -0.25) is 4.98 Å². The molecule has 5 heteroatoms. The number of nitrogens with zero attached hydrogens (tertiary/aromatic N) is 3. The van der Waals surface area contributed by atoms with Crippen molar-refractivity contribution in [2.45, 2.75) is 20.3 Å². The molecule has 0 spiro atoms. The van der Waals surface area contributed by atoms with E-state index in [1.165, 1.54) is 5.56 Å². The second-order valence-electron chi connectivity index (χ2n) is 4.16. The van der Waals surface area contributed by atoms with Crippen LogP contribution in [0.1, 0.15) is 17.0 Å². The van der Waals surface area contributed by atoms with Gasteiger partial charge >= 0.3 is 0 Å². The van der Waals surface area contributed by atoms with Crippen LogP contribution in [0.2, 0.25) is 0 Å². The quantitative estimate of drug-likeness (QED) is 0.855. The van der Waals surface area contributed by atoms with Crippen molar-refractivity contribution in [3.8, 4) is 0 Å². The predicted octanol–water partition coefficient (Wildman–Crippen LogP) is 1.73. The fourth-order valence-corrected chi connectivity index (χ4v) is 1.70. The molecule has 0 aliphatic heterocycles. The van der Waals surface area contributed by atoms with Crippen molar-refractivity contribution in [1.29, 1.82) is 0 Å². The smallest absolute Gasteiger partial charge is 0.134 e. The van der Waals surface area contributed by atoms with E-state index < -0.39 is 0 Å². The molecule has 3 N–H and O–H groups in total. The lowest BCUT2D eigenvalue weighted by Crippen LogP contribution is -2.10. The van der Waals surface area contributed by atoms with Gasteiger partial charge in [0.15, 0.2) is 0 Å². The lowest BCUT2D eigenvalue weighted by molar-refractivity contribution is 0.971. The summed E-state index contributed by atoms with van der Waals surface area (Å²) in [6.45, 7) is 4.56. The van der Waals surface area contributed by atoms with Crippen LogP contribution in [-0.2, 0) is 6.42 Å². The molecule has 5 nitrogen and oxygen atoms in total. The first-order chi connectivity index (χ1) is 8.66. The predicted molar refractivity (Wildman–Crippen MR) is 72.3 cm³/mol. The highest BCUT2D eigenvalue weighted by atomic mass is 15.0. The Morgan fingerprint density at radius 2 is 1.89 bits per heavy atom. The maximum Gasteiger partial charge on any atom is 0.134 e. The minimum Gasteiger partial charge on any atom is -0.383 e. The van der Waals surface area contributed by atoms with E-state index in [0.717, 1.165) is 24.3 Å². The van der Waals surface area contributed by atoms with Crippen molar-refractivity contribution >= 4 is 11.6 Å². The zero-order valence-corrected chi connectivity index (χ0v) is 10.6. The number of pyridine rings is 1. The highest BCUT2D eigenvalue weighted by Crippen LogP contribution is 2.16. The van der Waals surface area contributed by atoms with Crippen molar-refractivity contribution in [1.82, 2.24) is 15.0 Å². The van der Waals surface area contributed by atoms with Gasteiger partial charge < -0.3 is 11.1 Å². The number of nitrogen functional groups attached to an aromatic ring is 1. The van der Waals surface area contributed by atoms with E-state index in [2.05, 4.69) is 20.3 Å². The highest BCUT2D eigenvalue weighted by Gasteiger charge is 2.05. The van der Waals surface area contributed by atoms with E-state index >= 15 is 0 Å². The molecule has 0 aliphatic rings. The van der Waals surface area contributed by atoms with Crippen molar-refractivity contribution in [3.05, 3.63) is 41.5 Å². The third-order valence-corrected chi connectivity index (χ3v) is 2.75. The lowest BCUT2D eigenvalue weighted by atomic mass is 10.2. The van der Waals surface area contributed by atoms with Crippen LogP contribution in [-0.4, -0.2) is 21.5 Å². The number of hydrogen-bond donors (Lipinski definition) is 2. The molecule has 2 aromatic rings. The van der Waals surface area contributed by atoms with Crippen LogP contribution < -0.4 is 11.1 Å². The van der Waals surface area contributed by atoms with Crippen LogP contribution in [0.25, 0.3) is 0 Å². The fourth-order valence-electron chi connectivity index (χ4n) is 1.70. The molecule has 0 unspecified atom stereocenters. The Labute approximate surface area is 106 Å². The largest absolute Gasteiger partial charge is 0.383 e. The van der Waals surface area contributed by atoms with Crippen LogP contribution >= 0.6 is 0 Å². The first-order valence-electron chi connectivity index (χ1n) is 5.90. The number of nitrogens with one attached hydrogen (secondary N) is 1. The molecule has 0 saturated carbocycles. The van der Waals surface area contributed by atoms with Gasteiger partial charge in [0.1, 0.15) is 17.5 Å². The number of hydrogen-bond acceptors (Lipinski definition) is 5. The minimum absolute atomic E-state index is 0.536. The summed E-state index contributed by atoms with van der Waals surface area (Å²) in [5.41, 5.74) is 7.95. The molecule has 2 rings (SSSR count). The SMILES string of the molecule is Cc1nc(N)c(C)c(NCCc2ccncc2)n1. The molecular weight excluding hydrogens is 226 g/mol. The zero-order valence-electron chi connectivity index (χ0n) is 10.6. The monoisotopic (exact) mass is 243 g/mol. The summed E-state index contributed by atoms with van der Waals surface area (Å²) in [6.07, 6.45) is 4.52. The summed E-state index contributed by atoms with van der Waals surface area (Å²) in [7, 11) is 0. The summed E-state index contributed by atoms with van der Waals surface area (Å²) in [4.78, 5) is 12.5. The number of rotatable bonds is 4. The van der Waals surface area contributed by atoms with Crippen LogP contribution in [0.3, 0.4) is 0 Å². The van der Waals surface area contributed by atoms with Crippen molar-refractivity contribution < 1.29 is 0 Å². The maximum absolute atomic E-state index is 5.80. The Hall–Kier alpha value is -2.17. The second-order valence-corrected chi connectivity index (χ2v) is 4.16. The van der Waals surface area contributed by atoms with Gasteiger partial charge in [0.2, 0.25) is 0 Å². The summed E-state index contributed by atoms with van der Waals surface area (Å²) in [5.74, 6) is 2.03. The molecule has 0 atom stereocenters. The summed E-state index contributed by atoms with van der Waals surface area (Å²) in [6, 6.07) is 4.02. The molecular formula is C13H17N5. The molecule has 0 amide bonds. The highest BCUT2D eigenvalue weighted by molar-refractivity contribution is 5.54. The maximum atomic E-state index is 5.80. The Bertz CT molecular complexity index is 524. The molecule has 94 valence electrons. The Morgan fingerprint density at radius 1 is 1.17 bits per heavy atom. The van der Waals surface area contributed by atoms with Gasteiger partial charge in [-0.15, -0.1) is 0 Å². The molecule has 18 heavy (non-hydrogen) atoms. The summed E-state index contributed by atoms with van der Waals surface area (Å²) < 4.78 is 0. The first kappa shape index (κ1) is 12.3. The molecule has 2 aromatic heterocycles. The number of aryl methyl sites for hydroxylation is 1. The van der Waals surface area contributed by atoms with Gasteiger partial charge in [-0.2, -0.15) is 0 Å². The standard InChI is InChI=1S/C13H17N5/c1-9-12(14)17-10(2)18-13(9)16-8-5-11-3-6-15-7-4-11/h3-4,6-7H,5,8H2,1-2H3,(H3,14,16,17,18). The third kappa shape index (κ3) is 2.94. The minimum atomic E-state index is 0.536. The van der Waals surface area contributed by atoms with E-state index in [9.17, 15) is 0 Å². The Morgan fingerprint density at radius 3 is 2.61 bits per heavy atom. The average molecular weight is 243 g/mol. The zero-order chi connectivity index (χ0) is 13.0. The van der Waals surface area contributed by atoms with Crippen molar-refractivity contribution in [2.75, 3.05) is 17.6 Å². The lowest BCUT2D eigenvalue weighted by Gasteiger charge is -2.10. The van der Waals surface area contributed by atoms with E-state index in [-0.39, 0.29) is 0 Å². The van der Waals surface area contributed by atoms with Gasteiger partial charge in [-0.1, -0.05) is 0 Å². The van der Waals surface area contributed by atoms with E-state index in [1.807, 2.05) is 26.0 Å². The molecule has 2 heterocycles. The van der Waals surface area contributed by atoms with Gasteiger partial charge in [0, 0.05) is 24.5 Å². The molecule has 0 radical (unpaired) electrons. The van der Waals surface area contributed by atoms with Gasteiger partial charge in [0.25, 0.3) is 0 Å². The van der Waals surface area contributed by atoms with Crippen LogP contribution in [0, 0.1) is 13.8 Å². The van der Waals surface area contributed by atoms with Crippen LogP contribution in [0.4, 0.5) is 11.6 Å². The van der Waals surface area contributed by atoms with Crippen LogP contribution in [0.15, 0.2) is 24.5 Å². The molecule has 0 bridgehead atoms. The van der Waals surface area contributed by atoms with Gasteiger partial charge in [-0.05, 0) is 38.0 Å². The topological polar surface area (TPSA) is 76.7 Å². The normalized spacial score (nSPS) is 10.3. The Kier molecular flexibility index (Phi) is 3.72. The van der Waals surface area contributed by atoms with Crippen molar-refractivity contribution in [2.24, 2.45) is 0 Å². The van der Waals surface area contributed by atoms with E-state index in [1.54, 1.807) is 12.4 Å². The summed E-state index contributed by atoms with van der Waals surface area (Å²) in [5, 5.41) is 3.29. The molecule has 0 fully saturated rings. The molecule has 0 aromatic carbocycles. The number of aromatic nitrogens is 3.